The van der Waals surface area contributed by atoms with Crippen LogP contribution in [-0.2, 0) is 22.3 Å². The van der Waals surface area contributed by atoms with Gasteiger partial charge in [0.1, 0.15) is 0 Å². The number of aryl methyl sites for hydroxylation is 1. The van der Waals surface area contributed by atoms with Crippen LogP contribution >= 0.6 is 0 Å². The molecule has 3 heteroatoms. The van der Waals surface area contributed by atoms with Crippen molar-refractivity contribution in [2.75, 3.05) is 26.9 Å². The number of ether oxygens (including phenoxy) is 2. The Morgan fingerprint density at radius 3 is 2.44 bits per heavy atom. The maximum absolute atomic E-state index is 9.14. The van der Waals surface area contributed by atoms with Crippen LogP contribution in [0.3, 0.4) is 0 Å². The molecule has 0 aromatic heterocycles. The van der Waals surface area contributed by atoms with Crippen molar-refractivity contribution in [3.63, 3.8) is 0 Å². The highest BCUT2D eigenvalue weighted by Gasteiger charge is 2.20. The van der Waals surface area contributed by atoms with E-state index in [0.29, 0.717) is 12.5 Å². The number of aliphatic hydroxyl groups is 1. The van der Waals surface area contributed by atoms with Gasteiger partial charge in [0.15, 0.2) is 0 Å². The van der Waals surface area contributed by atoms with E-state index >= 15 is 0 Å². The van der Waals surface area contributed by atoms with Crippen molar-refractivity contribution in [1.82, 2.24) is 0 Å². The summed E-state index contributed by atoms with van der Waals surface area (Å²) in [5.41, 5.74) is 6.38. The van der Waals surface area contributed by atoms with Gasteiger partial charge in [-0.15, -0.1) is 0 Å². The molecular weight excluding hydrogens is 336 g/mol. The number of hydrogen-bond donors (Lipinski definition) is 1. The van der Waals surface area contributed by atoms with E-state index in [1.54, 1.807) is 7.11 Å². The molecule has 146 valence electrons. The van der Waals surface area contributed by atoms with Crippen molar-refractivity contribution in [3.05, 3.63) is 59.2 Å². The van der Waals surface area contributed by atoms with Gasteiger partial charge in [-0.1, -0.05) is 49.4 Å². The van der Waals surface area contributed by atoms with Crippen molar-refractivity contribution < 1.29 is 14.6 Å². The van der Waals surface area contributed by atoms with E-state index < -0.39 is 0 Å². The molecule has 1 N–H and O–H groups in total. The molecule has 2 aromatic carbocycles. The molecule has 0 bridgehead atoms. The molecule has 1 heterocycles. The molecule has 2 atom stereocenters. The Balaban J connectivity index is 1.76. The van der Waals surface area contributed by atoms with Crippen LogP contribution in [0.4, 0.5) is 0 Å². The number of methoxy groups -OCH3 is 1. The van der Waals surface area contributed by atoms with Gasteiger partial charge < -0.3 is 14.6 Å². The van der Waals surface area contributed by atoms with Crippen LogP contribution in [-0.4, -0.2) is 32.0 Å². The largest absolute Gasteiger partial charge is 0.396 e. The summed E-state index contributed by atoms with van der Waals surface area (Å²) in [7, 11) is 1.74. The molecule has 3 rings (SSSR count). The average Bonchev–Trinajstić information content (AvgIpc) is 2.71. The Labute approximate surface area is 163 Å². The lowest BCUT2D eigenvalue weighted by molar-refractivity contribution is -0.0123. The van der Waals surface area contributed by atoms with Crippen molar-refractivity contribution in [2.24, 2.45) is 5.92 Å². The van der Waals surface area contributed by atoms with Crippen molar-refractivity contribution in [1.29, 1.82) is 0 Å². The summed E-state index contributed by atoms with van der Waals surface area (Å²) in [5.74, 6) is 0.676. The predicted molar refractivity (Wildman–Crippen MR) is 110 cm³/mol. The van der Waals surface area contributed by atoms with Crippen molar-refractivity contribution >= 4 is 0 Å². The van der Waals surface area contributed by atoms with Crippen LogP contribution in [0.1, 0.15) is 49.0 Å². The second-order valence-electron chi connectivity index (χ2n) is 7.68. The van der Waals surface area contributed by atoms with Gasteiger partial charge in [0.2, 0.25) is 0 Å². The highest BCUT2D eigenvalue weighted by Crippen LogP contribution is 2.32. The highest BCUT2D eigenvalue weighted by atomic mass is 16.5. The van der Waals surface area contributed by atoms with E-state index in [4.69, 9.17) is 14.6 Å². The van der Waals surface area contributed by atoms with Crippen molar-refractivity contribution in [2.45, 2.75) is 45.1 Å². The Morgan fingerprint density at radius 1 is 1.00 bits per heavy atom. The van der Waals surface area contributed by atoms with Crippen LogP contribution < -0.4 is 0 Å². The van der Waals surface area contributed by atoms with Gasteiger partial charge in [-0.05, 0) is 65.8 Å². The number of benzene rings is 2. The molecule has 0 spiro atoms. The predicted octanol–water partition coefficient (Wildman–Crippen LogP) is 4.96. The number of hydrogen-bond acceptors (Lipinski definition) is 3. The summed E-state index contributed by atoms with van der Waals surface area (Å²) >= 11 is 0. The van der Waals surface area contributed by atoms with Crippen molar-refractivity contribution in [3.8, 4) is 11.1 Å². The van der Waals surface area contributed by atoms with E-state index in [2.05, 4.69) is 49.4 Å². The first-order chi connectivity index (χ1) is 13.2. The molecule has 1 aliphatic rings. The van der Waals surface area contributed by atoms with Crippen LogP contribution in [0, 0.1) is 5.92 Å². The second-order valence-corrected chi connectivity index (χ2v) is 7.68. The fraction of sp³-hybridized carbons (Fsp3) is 0.500. The first kappa shape index (κ1) is 20.1. The monoisotopic (exact) mass is 368 g/mol. The zero-order valence-corrected chi connectivity index (χ0v) is 16.6. The minimum Gasteiger partial charge on any atom is -0.396 e. The normalized spacial score (nSPS) is 20.0. The zero-order valence-electron chi connectivity index (χ0n) is 16.6. The van der Waals surface area contributed by atoms with Crippen LogP contribution in [0.15, 0.2) is 42.5 Å². The smallest absolute Gasteiger partial charge is 0.0825 e. The minimum atomic E-state index is 0.231. The molecule has 1 saturated heterocycles. The lowest BCUT2D eigenvalue weighted by Crippen LogP contribution is -2.18. The van der Waals surface area contributed by atoms with Gasteiger partial charge in [0.25, 0.3) is 0 Å². The molecule has 2 aromatic rings. The first-order valence-electron chi connectivity index (χ1n) is 10.1. The third kappa shape index (κ3) is 5.41. The Hall–Kier alpha value is -1.68. The quantitative estimate of drug-likeness (QED) is 0.716. The maximum atomic E-state index is 9.14. The van der Waals surface area contributed by atoms with E-state index in [9.17, 15) is 0 Å². The number of aliphatic hydroxyl groups excluding tert-OH is 1. The Morgan fingerprint density at radius 2 is 1.78 bits per heavy atom. The van der Waals surface area contributed by atoms with Crippen LogP contribution in [0.2, 0.25) is 0 Å². The molecule has 27 heavy (non-hydrogen) atoms. The molecule has 0 radical (unpaired) electrons. The SMILES string of the molecule is COCCc1cc(-c2ccc(C3CCC(C)CO3)cc2)ccc1CCCO. The summed E-state index contributed by atoms with van der Waals surface area (Å²) < 4.78 is 11.3. The summed E-state index contributed by atoms with van der Waals surface area (Å²) in [4.78, 5) is 0. The first-order valence-corrected chi connectivity index (χ1v) is 10.1. The van der Waals surface area contributed by atoms with Gasteiger partial charge in [0.05, 0.1) is 12.7 Å². The summed E-state index contributed by atoms with van der Waals surface area (Å²) in [6, 6.07) is 15.5. The molecule has 3 nitrogen and oxygen atoms in total. The standard InChI is InChI=1S/C24H32O3/c1-18-5-12-24(27-17-18)21-9-6-20(7-10-21)22-11-8-19(4-3-14-25)23(16-22)13-15-26-2/h6-11,16,18,24-25H,3-5,12-15,17H2,1-2H3. The van der Waals surface area contributed by atoms with Gasteiger partial charge >= 0.3 is 0 Å². The van der Waals surface area contributed by atoms with E-state index in [1.165, 1.54) is 34.2 Å². The zero-order chi connectivity index (χ0) is 19.1. The molecular formula is C24H32O3. The van der Waals surface area contributed by atoms with Gasteiger partial charge in [-0.25, -0.2) is 0 Å². The summed E-state index contributed by atoms with van der Waals surface area (Å²) in [6.07, 6.45) is 5.21. The fourth-order valence-corrected chi connectivity index (χ4v) is 3.80. The lowest BCUT2D eigenvalue weighted by atomic mass is 9.93. The fourth-order valence-electron chi connectivity index (χ4n) is 3.80. The van der Waals surface area contributed by atoms with Gasteiger partial charge in [-0.2, -0.15) is 0 Å². The summed E-state index contributed by atoms with van der Waals surface area (Å²) in [5, 5.41) is 9.14. The molecule has 0 saturated carbocycles. The molecule has 2 unspecified atom stereocenters. The number of rotatable bonds is 8. The average molecular weight is 369 g/mol. The van der Waals surface area contributed by atoms with E-state index in [0.717, 1.165) is 32.3 Å². The third-order valence-electron chi connectivity index (χ3n) is 5.51. The lowest BCUT2D eigenvalue weighted by Gasteiger charge is -2.27. The Kier molecular flexibility index (Phi) is 7.45. The summed E-state index contributed by atoms with van der Waals surface area (Å²) in [6.45, 7) is 4.07. The van der Waals surface area contributed by atoms with E-state index in [1.807, 2.05) is 0 Å². The minimum absolute atomic E-state index is 0.231. The molecule has 0 aliphatic carbocycles. The third-order valence-corrected chi connectivity index (χ3v) is 5.51. The Bertz CT molecular complexity index is 700. The highest BCUT2D eigenvalue weighted by molar-refractivity contribution is 5.65. The van der Waals surface area contributed by atoms with Crippen LogP contribution in [0.25, 0.3) is 11.1 Å². The van der Waals surface area contributed by atoms with Gasteiger partial charge in [-0.3, -0.25) is 0 Å². The van der Waals surface area contributed by atoms with Gasteiger partial charge in [0, 0.05) is 20.3 Å². The van der Waals surface area contributed by atoms with Crippen LogP contribution in [0.5, 0.6) is 0 Å². The van der Waals surface area contributed by atoms with E-state index in [-0.39, 0.29) is 12.7 Å². The molecule has 0 amide bonds. The maximum Gasteiger partial charge on any atom is 0.0825 e. The molecule has 1 fully saturated rings. The second kappa shape index (κ2) is 10.0. The topological polar surface area (TPSA) is 38.7 Å². The molecule has 1 aliphatic heterocycles.